The molecule has 0 radical (unpaired) electrons. The van der Waals surface area contributed by atoms with Crippen LogP contribution in [0, 0.1) is 11.8 Å². The van der Waals surface area contributed by atoms with Gasteiger partial charge in [0.1, 0.15) is 0 Å². The first kappa shape index (κ1) is 16.3. The molecule has 2 heterocycles. The predicted molar refractivity (Wildman–Crippen MR) is 91.0 cm³/mol. The fourth-order valence-electron chi connectivity index (χ4n) is 3.84. The first-order valence-electron chi connectivity index (χ1n) is 8.53. The smallest absolute Gasteiger partial charge is 0.314 e. The number of primary amides is 1. The van der Waals surface area contributed by atoms with Gasteiger partial charge in [0.25, 0.3) is 0 Å². The number of urea groups is 1. The van der Waals surface area contributed by atoms with Gasteiger partial charge >= 0.3 is 6.03 Å². The second-order valence-corrected chi connectivity index (χ2v) is 7.65. The summed E-state index contributed by atoms with van der Waals surface area (Å²) in [5, 5.41) is 5.35. The van der Waals surface area contributed by atoms with Crippen molar-refractivity contribution in [3.05, 3.63) is 22.4 Å². The summed E-state index contributed by atoms with van der Waals surface area (Å²) in [6.07, 6.45) is 6.54. The Kier molecular flexibility index (Phi) is 5.20. The number of nitrogens with zero attached hydrogens (tertiary/aromatic N) is 1. The van der Waals surface area contributed by atoms with E-state index in [2.05, 4.69) is 16.8 Å². The summed E-state index contributed by atoms with van der Waals surface area (Å²) in [5.74, 6) is 0.467. The standard InChI is InChI=1S/C17H25N3O2S/c18-17(22)20-9-3-7-13(11-20)16(21)19-15(12-5-1-2-6-12)14-8-4-10-23-14/h4,8,10,12-13,15H,1-3,5-7,9,11H2,(H2,18,22)(H,19,21)/t13-,15+/m0/s1. The third-order valence-corrected chi connectivity index (χ3v) is 6.08. The summed E-state index contributed by atoms with van der Waals surface area (Å²) in [7, 11) is 0. The van der Waals surface area contributed by atoms with Gasteiger partial charge in [-0.3, -0.25) is 4.79 Å². The molecule has 3 N–H and O–H groups in total. The van der Waals surface area contributed by atoms with Gasteiger partial charge in [0.2, 0.25) is 5.91 Å². The van der Waals surface area contributed by atoms with Crippen LogP contribution in [0.4, 0.5) is 4.79 Å². The van der Waals surface area contributed by atoms with Crippen LogP contribution in [0.25, 0.3) is 0 Å². The van der Waals surface area contributed by atoms with E-state index < -0.39 is 6.03 Å². The maximum Gasteiger partial charge on any atom is 0.314 e. The lowest BCUT2D eigenvalue weighted by atomic mass is 9.93. The number of likely N-dealkylation sites (tertiary alicyclic amines) is 1. The summed E-state index contributed by atoms with van der Waals surface area (Å²) in [5.41, 5.74) is 5.36. The lowest BCUT2D eigenvalue weighted by Crippen LogP contribution is -2.48. The topological polar surface area (TPSA) is 75.4 Å². The molecule has 6 heteroatoms. The predicted octanol–water partition coefficient (Wildman–Crippen LogP) is 2.89. The van der Waals surface area contributed by atoms with Crippen molar-refractivity contribution in [1.82, 2.24) is 10.2 Å². The minimum absolute atomic E-state index is 0.0706. The normalized spacial score (nSPS) is 23.7. The van der Waals surface area contributed by atoms with E-state index in [-0.39, 0.29) is 17.9 Å². The second-order valence-electron chi connectivity index (χ2n) is 6.67. The first-order chi connectivity index (χ1) is 11.1. The quantitative estimate of drug-likeness (QED) is 0.888. The minimum atomic E-state index is -0.423. The van der Waals surface area contributed by atoms with Gasteiger partial charge in [-0.05, 0) is 43.0 Å². The van der Waals surface area contributed by atoms with Crippen molar-refractivity contribution in [3.8, 4) is 0 Å². The Bertz CT molecular complexity index is 540. The van der Waals surface area contributed by atoms with Crippen LogP contribution < -0.4 is 11.1 Å². The fourth-order valence-corrected chi connectivity index (χ4v) is 4.71. The number of rotatable bonds is 4. The van der Waals surface area contributed by atoms with E-state index >= 15 is 0 Å². The second kappa shape index (κ2) is 7.34. The van der Waals surface area contributed by atoms with E-state index in [4.69, 9.17) is 5.73 Å². The van der Waals surface area contributed by atoms with Crippen molar-refractivity contribution in [2.24, 2.45) is 17.6 Å². The van der Waals surface area contributed by atoms with Gasteiger partial charge in [-0.2, -0.15) is 0 Å². The van der Waals surface area contributed by atoms with Gasteiger partial charge in [0.05, 0.1) is 12.0 Å². The van der Waals surface area contributed by atoms with Crippen molar-refractivity contribution < 1.29 is 9.59 Å². The molecular formula is C17H25N3O2S. The summed E-state index contributed by atoms with van der Waals surface area (Å²) in [4.78, 5) is 26.9. The van der Waals surface area contributed by atoms with E-state index in [1.807, 2.05) is 6.07 Å². The SMILES string of the molecule is NC(=O)N1CCC[C@H](C(=O)N[C@@H](c2cccs2)C2CCCC2)C1. The number of thiophene rings is 1. The van der Waals surface area contributed by atoms with Crippen molar-refractivity contribution in [2.45, 2.75) is 44.6 Å². The molecule has 23 heavy (non-hydrogen) atoms. The van der Waals surface area contributed by atoms with Crippen LogP contribution in [0.15, 0.2) is 17.5 Å². The number of nitrogens with one attached hydrogen (secondary N) is 1. The summed E-state index contributed by atoms with van der Waals surface area (Å²) in [6.45, 7) is 1.11. The largest absolute Gasteiger partial charge is 0.351 e. The minimum Gasteiger partial charge on any atom is -0.351 e. The zero-order valence-corrected chi connectivity index (χ0v) is 14.2. The molecule has 1 saturated heterocycles. The third kappa shape index (κ3) is 3.86. The molecule has 1 aliphatic heterocycles. The Morgan fingerprint density at radius 1 is 1.26 bits per heavy atom. The van der Waals surface area contributed by atoms with Crippen LogP contribution in [-0.4, -0.2) is 29.9 Å². The first-order valence-corrected chi connectivity index (χ1v) is 9.41. The number of carbonyl (C=O) groups excluding carboxylic acids is 2. The molecule has 2 aliphatic rings. The van der Waals surface area contributed by atoms with E-state index in [1.54, 1.807) is 16.2 Å². The lowest BCUT2D eigenvalue weighted by molar-refractivity contribution is -0.127. The molecule has 5 nitrogen and oxygen atoms in total. The maximum atomic E-state index is 12.7. The molecule has 3 amide bonds. The number of hydrogen-bond donors (Lipinski definition) is 2. The number of amides is 3. The van der Waals surface area contributed by atoms with Crippen LogP contribution >= 0.6 is 11.3 Å². The van der Waals surface area contributed by atoms with Gasteiger partial charge in [-0.15, -0.1) is 11.3 Å². The Hall–Kier alpha value is -1.56. The summed E-state index contributed by atoms with van der Waals surface area (Å²) < 4.78 is 0. The van der Waals surface area contributed by atoms with E-state index in [9.17, 15) is 9.59 Å². The molecule has 1 aliphatic carbocycles. The fraction of sp³-hybridized carbons (Fsp3) is 0.647. The van der Waals surface area contributed by atoms with Crippen LogP contribution in [0.3, 0.4) is 0 Å². The average molecular weight is 335 g/mol. The van der Waals surface area contributed by atoms with Crippen molar-refractivity contribution in [2.75, 3.05) is 13.1 Å². The summed E-state index contributed by atoms with van der Waals surface area (Å²) in [6, 6.07) is 3.86. The average Bonchev–Trinajstić information content (AvgIpc) is 3.26. The monoisotopic (exact) mass is 335 g/mol. The van der Waals surface area contributed by atoms with Crippen molar-refractivity contribution >= 4 is 23.3 Å². The highest BCUT2D eigenvalue weighted by molar-refractivity contribution is 7.10. The molecule has 2 fully saturated rings. The van der Waals surface area contributed by atoms with Crippen molar-refractivity contribution in [1.29, 1.82) is 0 Å². The maximum absolute atomic E-state index is 12.7. The molecule has 126 valence electrons. The van der Waals surface area contributed by atoms with Gasteiger partial charge in [-0.1, -0.05) is 18.9 Å². The molecular weight excluding hydrogens is 310 g/mol. The zero-order chi connectivity index (χ0) is 16.2. The molecule has 0 unspecified atom stereocenters. The van der Waals surface area contributed by atoms with Gasteiger partial charge in [0, 0.05) is 18.0 Å². The Labute approximate surface area is 141 Å². The zero-order valence-electron chi connectivity index (χ0n) is 13.4. The highest BCUT2D eigenvalue weighted by Gasteiger charge is 2.32. The Morgan fingerprint density at radius 3 is 2.70 bits per heavy atom. The highest BCUT2D eigenvalue weighted by atomic mass is 32.1. The molecule has 3 rings (SSSR count). The molecule has 0 bridgehead atoms. The van der Waals surface area contributed by atoms with E-state index in [0.717, 1.165) is 12.8 Å². The molecule has 1 aromatic rings. The molecule has 0 aromatic carbocycles. The molecule has 0 spiro atoms. The molecule has 1 saturated carbocycles. The summed E-state index contributed by atoms with van der Waals surface area (Å²) >= 11 is 1.71. The van der Waals surface area contributed by atoms with Gasteiger partial charge < -0.3 is 16.0 Å². The Morgan fingerprint density at radius 2 is 2.04 bits per heavy atom. The van der Waals surface area contributed by atoms with Crippen LogP contribution in [0.2, 0.25) is 0 Å². The van der Waals surface area contributed by atoms with Crippen molar-refractivity contribution in [3.63, 3.8) is 0 Å². The number of nitrogens with two attached hydrogens (primary N) is 1. The molecule has 1 aromatic heterocycles. The van der Waals surface area contributed by atoms with Gasteiger partial charge in [-0.25, -0.2) is 4.79 Å². The van der Waals surface area contributed by atoms with Gasteiger partial charge in [0.15, 0.2) is 0 Å². The van der Waals surface area contributed by atoms with E-state index in [0.29, 0.717) is 19.0 Å². The van der Waals surface area contributed by atoms with Crippen LogP contribution in [0.5, 0.6) is 0 Å². The number of piperidine rings is 1. The van der Waals surface area contributed by atoms with E-state index in [1.165, 1.54) is 30.6 Å². The number of carbonyl (C=O) groups is 2. The lowest BCUT2D eigenvalue weighted by Gasteiger charge is -2.32. The highest BCUT2D eigenvalue weighted by Crippen LogP contribution is 2.37. The molecule has 2 atom stereocenters. The van der Waals surface area contributed by atoms with Crippen LogP contribution in [0.1, 0.15) is 49.4 Å². The number of hydrogen-bond acceptors (Lipinski definition) is 3. The Balaban J connectivity index is 1.67. The third-order valence-electron chi connectivity index (χ3n) is 5.12. The van der Waals surface area contributed by atoms with Crippen LogP contribution in [-0.2, 0) is 4.79 Å².